The van der Waals surface area contributed by atoms with Crippen LogP contribution in [0.3, 0.4) is 0 Å². The third-order valence-electron chi connectivity index (χ3n) is 3.20. The molecule has 0 amide bonds. The molecule has 1 aromatic heterocycles. The number of imidazole rings is 1. The average molecular weight is 335 g/mol. The van der Waals surface area contributed by atoms with Gasteiger partial charge in [0.05, 0.1) is 15.5 Å². The summed E-state index contributed by atoms with van der Waals surface area (Å²) in [7, 11) is 0. The zero-order chi connectivity index (χ0) is 14.1. The molecule has 0 spiro atoms. The summed E-state index contributed by atoms with van der Waals surface area (Å²) in [6, 6.07) is 12.7. The maximum atomic E-state index is 13.6. The van der Waals surface area contributed by atoms with E-state index in [0.717, 1.165) is 16.6 Å². The summed E-state index contributed by atoms with van der Waals surface area (Å²) in [5.41, 5.74) is 2.58. The minimum absolute atomic E-state index is 0.145. The number of aliphatic hydroxyl groups is 1. The first-order chi connectivity index (χ1) is 9.69. The van der Waals surface area contributed by atoms with Crippen LogP contribution in [0.1, 0.15) is 11.4 Å². The van der Waals surface area contributed by atoms with E-state index < -0.39 is 0 Å². The molecule has 0 unspecified atom stereocenters. The fraction of sp³-hybridized carbons (Fsp3) is 0.133. The van der Waals surface area contributed by atoms with E-state index in [1.807, 2.05) is 34.9 Å². The van der Waals surface area contributed by atoms with E-state index in [2.05, 4.69) is 20.9 Å². The van der Waals surface area contributed by atoms with E-state index in [1.54, 1.807) is 6.07 Å². The summed E-state index contributed by atoms with van der Waals surface area (Å²) >= 11 is 3.14. The summed E-state index contributed by atoms with van der Waals surface area (Å²) in [6.07, 6.45) is 0. The van der Waals surface area contributed by atoms with Gasteiger partial charge in [0.25, 0.3) is 0 Å². The molecule has 3 nitrogen and oxygen atoms in total. The highest BCUT2D eigenvalue weighted by atomic mass is 79.9. The van der Waals surface area contributed by atoms with Crippen LogP contribution in [0, 0.1) is 5.82 Å². The monoisotopic (exact) mass is 334 g/mol. The molecule has 2 aromatic carbocycles. The van der Waals surface area contributed by atoms with Gasteiger partial charge in [0.1, 0.15) is 18.2 Å². The number of rotatable bonds is 3. The largest absolute Gasteiger partial charge is 0.388 e. The van der Waals surface area contributed by atoms with Crippen molar-refractivity contribution in [2.45, 2.75) is 13.2 Å². The van der Waals surface area contributed by atoms with Crippen molar-refractivity contribution in [1.29, 1.82) is 0 Å². The molecule has 0 saturated heterocycles. The van der Waals surface area contributed by atoms with E-state index >= 15 is 0 Å². The molecule has 0 fully saturated rings. The lowest BCUT2D eigenvalue weighted by molar-refractivity contribution is 0.267. The first kappa shape index (κ1) is 13.3. The third kappa shape index (κ3) is 2.34. The van der Waals surface area contributed by atoms with Crippen LogP contribution in [0.25, 0.3) is 11.0 Å². The fourth-order valence-electron chi connectivity index (χ4n) is 2.24. The maximum absolute atomic E-state index is 13.6. The number of para-hydroxylation sites is 2. The molecule has 0 aliphatic rings. The third-order valence-corrected chi connectivity index (χ3v) is 3.84. The average Bonchev–Trinajstić information content (AvgIpc) is 2.81. The molecule has 0 saturated carbocycles. The lowest BCUT2D eigenvalue weighted by Gasteiger charge is -2.08. The smallest absolute Gasteiger partial charge is 0.137 e. The second-order valence-electron chi connectivity index (χ2n) is 4.51. The normalized spacial score (nSPS) is 11.2. The molecular weight excluding hydrogens is 323 g/mol. The van der Waals surface area contributed by atoms with Crippen molar-refractivity contribution >= 4 is 27.0 Å². The van der Waals surface area contributed by atoms with Crippen LogP contribution in [0.5, 0.6) is 0 Å². The number of fused-ring (bicyclic) bond motifs is 1. The summed E-state index contributed by atoms with van der Waals surface area (Å²) in [5, 5.41) is 9.43. The summed E-state index contributed by atoms with van der Waals surface area (Å²) in [6.45, 7) is 0.328. The van der Waals surface area contributed by atoms with Crippen molar-refractivity contribution < 1.29 is 9.50 Å². The van der Waals surface area contributed by atoms with Gasteiger partial charge in [-0.3, -0.25) is 0 Å². The van der Waals surface area contributed by atoms with Crippen LogP contribution in [0.2, 0.25) is 0 Å². The highest BCUT2D eigenvalue weighted by molar-refractivity contribution is 9.10. The number of aromatic nitrogens is 2. The van der Waals surface area contributed by atoms with Crippen LogP contribution in [-0.2, 0) is 13.2 Å². The Morgan fingerprint density at radius 3 is 2.75 bits per heavy atom. The molecule has 1 heterocycles. The molecule has 5 heteroatoms. The Morgan fingerprint density at radius 1 is 1.20 bits per heavy atom. The van der Waals surface area contributed by atoms with Crippen molar-refractivity contribution in [2.75, 3.05) is 0 Å². The number of halogens is 2. The van der Waals surface area contributed by atoms with Gasteiger partial charge in [-0.1, -0.05) is 18.2 Å². The van der Waals surface area contributed by atoms with Gasteiger partial charge in [0, 0.05) is 6.54 Å². The van der Waals surface area contributed by atoms with Gasteiger partial charge in [0.15, 0.2) is 0 Å². The van der Waals surface area contributed by atoms with Crippen LogP contribution in [0.15, 0.2) is 46.9 Å². The number of benzene rings is 2. The Balaban J connectivity index is 2.07. The van der Waals surface area contributed by atoms with Crippen molar-refractivity contribution in [2.24, 2.45) is 0 Å². The van der Waals surface area contributed by atoms with Crippen molar-refractivity contribution in [1.82, 2.24) is 9.55 Å². The molecule has 0 atom stereocenters. The minimum atomic E-state index is -0.294. The zero-order valence-electron chi connectivity index (χ0n) is 10.6. The van der Waals surface area contributed by atoms with Crippen molar-refractivity contribution in [3.63, 3.8) is 0 Å². The van der Waals surface area contributed by atoms with Crippen LogP contribution >= 0.6 is 15.9 Å². The molecule has 1 N–H and O–H groups in total. The number of hydrogen-bond acceptors (Lipinski definition) is 2. The first-order valence-corrected chi connectivity index (χ1v) is 6.97. The summed E-state index contributed by atoms with van der Waals surface area (Å²) in [5.74, 6) is 0.284. The van der Waals surface area contributed by atoms with Gasteiger partial charge in [-0.25, -0.2) is 9.37 Å². The predicted molar refractivity (Wildman–Crippen MR) is 78.9 cm³/mol. The van der Waals surface area contributed by atoms with E-state index in [4.69, 9.17) is 0 Å². The quantitative estimate of drug-likeness (QED) is 0.796. The first-order valence-electron chi connectivity index (χ1n) is 6.18. The van der Waals surface area contributed by atoms with Gasteiger partial charge in [-0.15, -0.1) is 0 Å². The SMILES string of the molecule is OCc1nc2ccccc2n1Cc1ccc(Br)c(F)c1. The van der Waals surface area contributed by atoms with E-state index in [1.165, 1.54) is 6.07 Å². The Hall–Kier alpha value is -1.72. The van der Waals surface area contributed by atoms with Crippen molar-refractivity contribution in [3.05, 3.63) is 64.1 Å². The Kier molecular flexibility index (Phi) is 3.54. The molecule has 0 aliphatic heterocycles. The lowest BCUT2D eigenvalue weighted by Crippen LogP contribution is -2.05. The highest BCUT2D eigenvalue weighted by Gasteiger charge is 2.10. The predicted octanol–water partition coefficient (Wildman–Crippen LogP) is 3.48. The molecule has 3 rings (SSSR count). The zero-order valence-corrected chi connectivity index (χ0v) is 12.1. The van der Waals surface area contributed by atoms with Gasteiger partial charge in [-0.05, 0) is 45.8 Å². The lowest BCUT2D eigenvalue weighted by atomic mass is 10.2. The Bertz CT molecular complexity index is 770. The topological polar surface area (TPSA) is 38.1 Å². The Morgan fingerprint density at radius 2 is 2.00 bits per heavy atom. The molecule has 0 bridgehead atoms. The molecule has 0 radical (unpaired) electrons. The summed E-state index contributed by atoms with van der Waals surface area (Å²) in [4.78, 5) is 4.38. The summed E-state index contributed by atoms with van der Waals surface area (Å²) < 4.78 is 15.9. The highest BCUT2D eigenvalue weighted by Crippen LogP contribution is 2.21. The van der Waals surface area contributed by atoms with Crippen molar-refractivity contribution in [3.8, 4) is 0 Å². The van der Waals surface area contributed by atoms with E-state index in [0.29, 0.717) is 16.8 Å². The van der Waals surface area contributed by atoms with Gasteiger partial charge < -0.3 is 9.67 Å². The van der Waals surface area contributed by atoms with Crippen LogP contribution in [-0.4, -0.2) is 14.7 Å². The molecule has 20 heavy (non-hydrogen) atoms. The number of hydrogen-bond donors (Lipinski definition) is 1. The molecule has 102 valence electrons. The second-order valence-corrected chi connectivity index (χ2v) is 5.36. The molecular formula is C15H12BrFN2O. The van der Waals surface area contributed by atoms with Crippen LogP contribution < -0.4 is 0 Å². The standard InChI is InChI=1S/C15H12BrFN2O/c16-11-6-5-10(7-12(11)17)8-19-14-4-2-1-3-13(14)18-15(19)9-20/h1-7,20H,8-9H2. The second kappa shape index (κ2) is 5.34. The number of nitrogens with zero attached hydrogens (tertiary/aromatic N) is 2. The van der Waals surface area contributed by atoms with Gasteiger partial charge in [-0.2, -0.15) is 0 Å². The molecule has 3 aromatic rings. The minimum Gasteiger partial charge on any atom is -0.388 e. The van der Waals surface area contributed by atoms with Gasteiger partial charge >= 0.3 is 0 Å². The van der Waals surface area contributed by atoms with E-state index in [-0.39, 0.29) is 12.4 Å². The van der Waals surface area contributed by atoms with Crippen LogP contribution in [0.4, 0.5) is 4.39 Å². The fourth-order valence-corrected chi connectivity index (χ4v) is 2.49. The Labute approximate surface area is 123 Å². The molecule has 0 aliphatic carbocycles. The van der Waals surface area contributed by atoms with E-state index in [9.17, 15) is 9.50 Å². The number of aliphatic hydroxyl groups excluding tert-OH is 1. The maximum Gasteiger partial charge on any atom is 0.137 e. The van der Waals surface area contributed by atoms with Gasteiger partial charge in [0.2, 0.25) is 0 Å².